The van der Waals surface area contributed by atoms with Crippen molar-refractivity contribution < 1.29 is 44.3 Å². The largest absolute Gasteiger partial charge is 0.481 e. The van der Waals surface area contributed by atoms with Gasteiger partial charge in [0.25, 0.3) is 5.60 Å². The third-order valence-electron chi connectivity index (χ3n) is 2.50. The first-order valence-electron chi connectivity index (χ1n) is 5.75. The van der Waals surface area contributed by atoms with Crippen molar-refractivity contribution in [3.63, 3.8) is 0 Å². The Morgan fingerprint density at radius 2 is 1.76 bits per heavy atom. The van der Waals surface area contributed by atoms with Gasteiger partial charge in [0.05, 0.1) is 0 Å². The van der Waals surface area contributed by atoms with Crippen molar-refractivity contribution in [2.45, 2.75) is 31.0 Å². The van der Waals surface area contributed by atoms with Crippen LogP contribution in [0.2, 0.25) is 0 Å². The molecule has 10 heteroatoms. The molecule has 0 amide bonds. The summed E-state index contributed by atoms with van der Waals surface area (Å²) in [5, 5.41) is 35.9. The van der Waals surface area contributed by atoms with Crippen LogP contribution < -0.4 is 0 Å². The molecular formula is C11H16O9S. The molecule has 0 bridgehead atoms. The number of carbonyl (C=O) groups is 4. The van der Waals surface area contributed by atoms with Gasteiger partial charge in [0, 0.05) is 19.3 Å². The lowest BCUT2D eigenvalue weighted by Gasteiger charge is -2.23. The quantitative estimate of drug-likeness (QED) is 0.302. The van der Waals surface area contributed by atoms with Gasteiger partial charge in [-0.3, -0.25) is 4.79 Å². The van der Waals surface area contributed by atoms with E-state index >= 15 is 0 Å². The van der Waals surface area contributed by atoms with Crippen molar-refractivity contribution in [2.24, 2.45) is 0 Å². The van der Waals surface area contributed by atoms with Crippen LogP contribution in [0.5, 0.6) is 0 Å². The minimum atomic E-state index is -3.09. The Morgan fingerprint density at radius 3 is 2.14 bits per heavy atom. The van der Waals surface area contributed by atoms with Gasteiger partial charge in [-0.2, -0.15) is 11.8 Å². The second kappa shape index (κ2) is 8.47. The van der Waals surface area contributed by atoms with Gasteiger partial charge >= 0.3 is 23.9 Å². The maximum absolute atomic E-state index is 11.7. The molecule has 0 aromatic carbocycles. The lowest BCUT2D eigenvalue weighted by Crippen LogP contribution is -2.50. The van der Waals surface area contributed by atoms with Crippen LogP contribution in [0.25, 0.3) is 0 Å². The lowest BCUT2D eigenvalue weighted by atomic mass is 9.98. The highest BCUT2D eigenvalue weighted by Crippen LogP contribution is 2.18. The summed E-state index contributed by atoms with van der Waals surface area (Å²) in [5.74, 6) is -6.25. The maximum Gasteiger partial charge on any atom is 0.350 e. The SMILES string of the molecule is CSCCC(OC(=O)C(O)(CCC(=O)O)C(=O)O)C(=O)O. The zero-order valence-corrected chi connectivity index (χ0v) is 12.0. The highest BCUT2D eigenvalue weighted by atomic mass is 32.2. The van der Waals surface area contributed by atoms with E-state index in [2.05, 4.69) is 4.74 Å². The average molecular weight is 324 g/mol. The summed E-state index contributed by atoms with van der Waals surface area (Å²) in [4.78, 5) is 43.9. The summed E-state index contributed by atoms with van der Waals surface area (Å²) in [7, 11) is 0. The minimum Gasteiger partial charge on any atom is -0.481 e. The number of aliphatic hydroxyl groups is 1. The number of carboxylic acid groups (broad SMARTS) is 3. The average Bonchev–Trinajstić information content (AvgIpc) is 2.39. The van der Waals surface area contributed by atoms with Crippen LogP contribution in [0.4, 0.5) is 0 Å². The maximum atomic E-state index is 11.7. The molecule has 0 fully saturated rings. The van der Waals surface area contributed by atoms with E-state index in [1.54, 1.807) is 6.26 Å². The number of rotatable bonds is 10. The molecule has 2 atom stereocenters. The molecule has 0 saturated carbocycles. The summed E-state index contributed by atoms with van der Waals surface area (Å²) in [6, 6.07) is 0. The number of hydrogen-bond donors (Lipinski definition) is 4. The molecule has 0 aromatic heterocycles. The standard InChI is InChI=1S/C11H16O9S/c1-21-5-3-6(8(14)15)20-10(18)11(19,9(16)17)4-2-7(12)13/h6,19H,2-5H2,1H3,(H,12,13)(H,14,15)(H,16,17). The third kappa shape index (κ3) is 6.00. The Morgan fingerprint density at radius 1 is 1.19 bits per heavy atom. The van der Waals surface area contributed by atoms with Gasteiger partial charge < -0.3 is 25.2 Å². The Balaban J connectivity index is 4.98. The van der Waals surface area contributed by atoms with E-state index < -0.39 is 48.4 Å². The van der Waals surface area contributed by atoms with E-state index in [-0.39, 0.29) is 6.42 Å². The molecule has 0 saturated heterocycles. The summed E-state index contributed by atoms with van der Waals surface area (Å²) >= 11 is 1.29. The van der Waals surface area contributed by atoms with Crippen molar-refractivity contribution in [3.8, 4) is 0 Å². The molecule has 0 aromatic rings. The fourth-order valence-corrected chi connectivity index (χ4v) is 1.72. The number of carboxylic acids is 3. The van der Waals surface area contributed by atoms with Gasteiger partial charge in [0.1, 0.15) is 0 Å². The molecule has 2 unspecified atom stereocenters. The molecule has 120 valence electrons. The number of hydrogen-bond acceptors (Lipinski definition) is 7. The van der Waals surface area contributed by atoms with Gasteiger partial charge in [-0.1, -0.05) is 0 Å². The van der Waals surface area contributed by atoms with Crippen LogP contribution in [0.3, 0.4) is 0 Å². The van der Waals surface area contributed by atoms with Crippen molar-refractivity contribution in [3.05, 3.63) is 0 Å². The zero-order valence-electron chi connectivity index (χ0n) is 11.1. The number of esters is 1. The molecule has 0 aliphatic heterocycles. The highest BCUT2D eigenvalue weighted by molar-refractivity contribution is 7.98. The van der Waals surface area contributed by atoms with Crippen molar-refractivity contribution in [1.82, 2.24) is 0 Å². The molecule has 0 heterocycles. The van der Waals surface area contributed by atoms with Crippen LogP contribution in [-0.4, -0.2) is 68.0 Å². The Kier molecular flexibility index (Phi) is 7.74. The first-order chi connectivity index (χ1) is 9.65. The van der Waals surface area contributed by atoms with Gasteiger partial charge in [-0.25, -0.2) is 14.4 Å². The minimum absolute atomic E-state index is 0.0725. The lowest BCUT2D eigenvalue weighted by molar-refractivity contribution is -0.189. The van der Waals surface area contributed by atoms with Crippen LogP contribution >= 0.6 is 11.8 Å². The predicted molar refractivity (Wildman–Crippen MR) is 70.0 cm³/mol. The summed E-state index contributed by atoms with van der Waals surface area (Å²) in [6.07, 6.45) is -1.70. The van der Waals surface area contributed by atoms with Crippen molar-refractivity contribution >= 4 is 35.6 Å². The molecule has 0 aliphatic carbocycles. The molecule has 0 rings (SSSR count). The molecule has 9 nitrogen and oxygen atoms in total. The van der Waals surface area contributed by atoms with Crippen LogP contribution in [0.15, 0.2) is 0 Å². The molecule has 21 heavy (non-hydrogen) atoms. The number of carbonyl (C=O) groups excluding carboxylic acids is 1. The second-order valence-corrected chi connectivity index (χ2v) is 5.06. The van der Waals surface area contributed by atoms with Crippen molar-refractivity contribution in [1.29, 1.82) is 0 Å². The molecule has 0 spiro atoms. The predicted octanol–water partition coefficient (Wildman–Crippen LogP) is -0.584. The van der Waals surface area contributed by atoms with E-state index in [0.717, 1.165) is 0 Å². The molecular weight excluding hydrogens is 308 g/mol. The molecule has 0 aliphatic rings. The van der Waals surface area contributed by atoms with Crippen LogP contribution in [-0.2, 0) is 23.9 Å². The first-order valence-corrected chi connectivity index (χ1v) is 7.15. The Hall–Kier alpha value is -1.81. The van der Waals surface area contributed by atoms with E-state index in [0.29, 0.717) is 5.75 Å². The summed E-state index contributed by atoms with van der Waals surface area (Å²) in [5.41, 5.74) is -3.09. The first kappa shape index (κ1) is 19.2. The molecule has 4 N–H and O–H groups in total. The van der Waals surface area contributed by atoms with E-state index in [9.17, 15) is 24.3 Å². The smallest absolute Gasteiger partial charge is 0.350 e. The van der Waals surface area contributed by atoms with E-state index in [4.69, 9.17) is 15.3 Å². The topological polar surface area (TPSA) is 158 Å². The molecule has 0 radical (unpaired) electrons. The van der Waals surface area contributed by atoms with E-state index in [1.165, 1.54) is 11.8 Å². The second-order valence-electron chi connectivity index (χ2n) is 4.07. The Labute approximate surface area is 123 Å². The van der Waals surface area contributed by atoms with Crippen LogP contribution in [0.1, 0.15) is 19.3 Å². The highest BCUT2D eigenvalue weighted by Gasteiger charge is 2.47. The normalized spacial score (nSPS) is 14.8. The zero-order chi connectivity index (χ0) is 16.6. The van der Waals surface area contributed by atoms with Gasteiger partial charge in [-0.15, -0.1) is 0 Å². The summed E-state index contributed by atoms with van der Waals surface area (Å²) in [6.45, 7) is 0. The fraction of sp³-hybridized carbons (Fsp3) is 0.636. The van der Waals surface area contributed by atoms with E-state index in [1.807, 2.05) is 0 Å². The number of ether oxygens (including phenoxy) is 1. The number of aliphatic carboxylic acids is 3. The third-order valence-corrected chi connectivity index (χ3v) is 3.15. The van der Waals surface area contributed by atoms with Gasteiger partial charge in [0.15, 0.2) is 6.10 Å². The monoisotopic (exact) mass is 324 g/mol. The van der Waals surface area contributed by atoms with Crippen molar-refractivity contribution in [2.75, 3.05) is 12.0 Å². The van der Waals surface area contributed by atoms with Gasteiger partial charge in [-0.05, 0) is 12.0 Å². The fourth-order valence-electron chi connectivity index (χ4n) is 1.27. The Bertz CT molecular complexity index is 422. The summed E-state index contributed by atoms with van der Waals surface area (Å²) < 4.78 is 4.50. The number of thioether (sulfide) groups is 1. The van der Waals surface area contributed by atoms with Gasteiger partial charge in [0.2, 0.25) is 0 Å². The van der Waals surface area contributed by atoms with Crippen LogP contribution in [0, 0.1) is 0 Å².